The van der Waals surface area contributed by atoms with Gasteiger partial charge in [-0.15, -0.1) is 10.2 Å². The Bertz CT molecular complexity index is 570. The van der Waals surface area contributed by atoms with Crippen LogP contribution in [0.3, 0.4) is 0 Å². The topological polar surface area (TPSA) is 65.1 Å². The normalized spacial score (nSPS) is 19.6. The van der Waals surface area contributed by atoms with Gasteiger partial charge in [-0.3, -0.25) is 0 Å². The van der Waals surface area contributed by atoms with Gasteiger partial charge in [0.2, 0.25) is 0 Å². The van der Waals surface area contributed by atoms with Gasteiger partial charge in [0.25, 0.3) is 0 Å². The first-order chi connectivity index (χ1) is 8.92. The Hall–Kier alpha value is -1.66. The van der Waals surface area contributed by atoms with Crippen molar-refractivity contribution in [3.05, 3.63) is 23.7 Å². The molecule has 0 aromatic carbocycles. The fraction of sp³-hybridized carbons (Fsp3) is 0.500. The number of hydrogen-bond donors (Lipinski definition) is 1. The summed E-state index contributed by atoms with van der Waals surface area (Å²) in [4.78, 5) is 0. The van der Waals surface area contributed by atoms with Gasteiger partial charge in [-0.25, -0.2) is 0 Å². The highest BCUT2D eigenvalue weighted by Gasteiger charge is 2.25. The number of fused-ring (bicyclic) bond motifs is 1. The molecule has 0 saturated carbocycles. The molecule has 18 heavy (non-hydrogen) atoms. The van der Waals surface area contributed by atoms with E-state index in [4.69, 9.17) is 9.15 Å². The molecule has 0 radical (unpaired) electrons. The Kier molecular flexibility index (Phi) is 2.24. The number of furan rings is 1. The van der Waals surface area contributed by atoms with E-state index in [-0.39, 0.29) is 0 Å². The third-order valence-electron chi connectivity index (χ3n) is 3.51. The Morgan fingerprint density at radius 3 is 3.06 bits per heavy atom. The van der Waals surface area contributed by atoms with E-state index in [2.05, 4.69) is 20.1 Å². The molecule has 2 aromatic rings. The first-order valence-corrected chi connectivity index (χ1v) is 6.22. The molecule has 1 fully saturated rings. The summed E-state index contributed by atoms with van der Waals surface area (Å²) in [5.74, 6) is 4.00. The van der Waals surface area contributed by atoms with Crippen molar-refractivity contribution >= 4 is 0 Å². The zero-order valence-corrected chi connectivity index (χ0v) is 9.93. The summed E-state index contributed by atoms with van der Waals surface area (Å²) < 4.78 is 13.2. The van der Waals surface area contributed by atoms with Crippen LogP contribution in [0.15, 0.2) is 16.5 Å². The van der Waals surface area contributed by atoms with Gasteiger partial charge in [0, 0.05) is 13.1 Å². The molecule has 6 heteroatoms. The fourth-order valence-corrected chi connectivity index (χ4v) is 2.37. The molecule has 0 unspecified atom stereocenters. The van der Waals surface area contributed by atoms with Crippen LogP contribution in [0.2, 0.25) is 0 Å². The average Bonchev–Trinajstić information content (AvgIpc) is 2.92. The second-order valence-electron chi connectivity index (χ2n) is 4.70. The Balaban J connectivity index is 1.69. The maximum atomic E-state index is 5.87. The summed E-state index contributed by atoms with van der Waals surface area (Å²) in [7, 11) is 0. The zero-order valence-electron chi connectivity index (χ0n) is 9.93. The molecule has 0 atom stereocenters. The van der Waals surface area contributed by atoms with Crippen LogP contribution in [0.5, 0.6) is 0 Å². The van der Waals surface area contributed by atoms with E-state index in [9.17, 15) is 0 Å². The molecule has 0 spiro atoms. The van der Waals surface area contributed by atoms with E-state index in [0.29, 0.717) is 5.92 Å². The first-order valence-electron chi connectivity index (χ1n) is 6.22. The quantitative estimate of drug-likeness (QED) is 0.847. The predicted octanol–water partition coefficient (Wildman–Crippen LogP) is 0.755. The lowest BCUT2D eigenvalue weighted by molar-refractivity contribution is 0.0000962. The van der Waals surface area contributed by atoms with E-state index in [1.165, 1.54) is 0 Å². The van der Waals surface area contributed by atoms with Crippen molar-refractivity contribution in [2.24, 2.45) is 0 Å². The number of nitrogens with zero attached hydrogens (tertiary/aromatic N) is 3. The highest BCUT2D eigenvalue weighted by atomic mass is 16.5. The van der Waals surface area contributed by atoms with Crippen LogP contribution < -0.4 is 5.32 Å². The Morgan fingerprint density at radius 1 is 1.28 bits per heavy atom. The van der Waals surface area contributed by atoms with Crippen LogP contribution in [0.1, 0.15) is 17.5 Å². The largest absolute Gasteiger partial charge is 0.457 e. The van der Waals surface area contributed by atoms with Crippen molar-refractivity contribution in [3.8, 4) is 11.6 Å². The second-order valence-corrected chi connectivity index (χ2v) is 4.70. The van der Waals surface area contributed by atoms with Crippen molar-refractivity contribution in [3.63, 3.8) is 0 Å². The molecule has 4 heterocycles. The van der Waals surface area contributed by atoms with E-state index in [0.717, 1.165) is 56.0 Å². The van der Waals surface area contributed by atoms with Gasteiger partial charge in [-0.2, -0.15) is 0 Å². The van der Waals surface area contributed by atoms with Crippen molar-refractivity contribution in [2.45, 2.75) is 19.0 Å². The second kappa shape index (κ2) is 3.93. The molecule has 6 nitrogen and oxygen atoms in total. The van der Waals surface area contributed by atoms with Crippen LogP contribution >= 0.6 is 0 Å². The number of aromatic nitrogens is 3. The van der Waals surface area contributed by atoms with Gasteiger partial charge < -0.3 is 19.0 Å². The molecule has 0 aliphatic carbocycles. The van der Waals surface area contributed by atoms with Gasteiger partial charge in [-0.1, -0.05) is 0 Å². The molecule has 1 saturated heterocycles. The van der Waals surface area contributed by atoms with Gasteiger partial charge >= 0.3 is 0 Å². The fourth-order valence-electron chi connectivity index (χ4n) is 2.37. The highest BCUT2D eigenvalue weighted by molar-refractivity contribution is 5.48. The summed E-state index contributed by atoms with van der Waals surface area (Å²) in [6.45, 7) is 4.13. The molecule has 2 aromatic heterocycles. The number of rotatable bonds is 2. The minimum Gasteiger partial charge on any atom is -0.457 e. The van der Waals surface area contributed by atoms with Gasteiger partial charge in [0.15, 0.2) is 11.6 Å². The minimum atomic E-state index is 0.407. The molecule has 0 bridgehead atoms. The molecule has 2 aliphatic heterocycles. The average molecular weight is 246 g/mol. The first kappa shape index (κ1) is 10.3. The molecular formula is C12H14N4O2. The molecule has 94 valence electrons. The van der Waals surface area contributed by atoms with Crippen molar-refractivity contribution < 1.29 is 9.15 Å². The summed E-state index contributed by atoms with van der Waals surface area (Å²) >= 11 is 0. The Morgan fingerprint density at radius 2 is 2.22 bits per heavy atom. The number of nitrogens with one attached hydrogen (secondary N) is 1. The van der Waals surface area contributed by atoms with Crippen LogP contribution in [0, 0.1) is 0 Å². The summed E-state index contributed by atoms with van der Waals surface area (Å²) in [5.41, 5.74) is 0. The number of hydrogen-bond acceptors (Lipinski definition) is 5. The molecule has 0 amide bonds. The summed E-state index contributed by atoms with van der Waals surface area (Å²) in [5, 5.41) is 11.7. The monoisotopic (exact) mass is 246 g/mol. The minimum absolute atomic E-state index is 0.407. The molecular weight excluding hydrogens is 232 g/mol. The molecule has 1 N–H and O–H groups in total. The van der Waals surface area contributed by atoms with Crippen LogP contribution in [-0.2, 0) is 17.8 Å². The van der Waals surface area contributed by atoms with E-state index in [1.54, 1.807) is 0 Å². The maximum Gasteiger partial charge on any atom is 0.199 e. The Labute approximate surface area is 104 Å². The smallest absolute Gasteiger partial charge is 0.199 e. The third-order valence-corrected chi connectivity index (χ3v) is 3.51. The predicted molar refractivity (Wildman–Crippen MR) is 63.0 cm³/mol. The van der Waals surface area contributed by atoms with Crippen molar-refractivity contribution in [1.29, 1.82) is 0 Å². The summed E-state index contributed by atoms with van der Waals surface area (Å²) in [6.07, 6.45) is 0. The van der Waals surface area contributed by atoms with Gasteiger partial charge in [-0.05, 0) is 12.1 Å². The molecule has 4 rings (SSSR count). The van der Waals surface area contributed by atoms with Crippen molar-refractivity contribution in [2.75, 3.05) is 19.8 Å². The van der Waals surface area contributed by atoms with Gasteiger partial charge in [0.05, 0.1) is 25.7 Å². The lowest BCUT2D eigenvalue weighted by Crippen LogP contribution is -2.28. The maximum absolute atomic E-state index is 5.87. The van der Waals surface area contributed by atoms with Crippen LogP contribution in [-0.4, -0.2) is 34.5 Å². The third kappa shape index (κ3) is 1.49. The summed E-state index contributed by atoms with van der Waals surface area (Å²) in [6, 6.07) is 4.00. The number of ether oxygens (including phenoxy) is 1. The lowest BCUT2D eigenvalue weighted by atomic mass is 10.1. The lowest BCUT2D eigenvalue weighted by Gasteiger charge is -2.23. The van der Waals surface area contributed by atoms with E-state index < -0.39 is 0 Å². The zero-order chi connectivity index (χ0) is 11.9. The van der Waals surface area contributed by atoms with Gasteiger partial charge in [0.1, 0.15) is 11.6 Å². The van der Waals surface area contributed by atoms with Crippen LogP contribution in [0.25, 0.3) is 11.6 Å². The van der Waals surface area contributed by atoms with E-state index >= 15 is 0 Å². The van der Waals surface area contributed by atoms with Crippen molar-refractivity contribution in [1.82, 2.24) is 20.1 Å². The van der Waals surface area contributed by atoms with Crippen LogP contribution in [0.4, 0.5) is 0 Å². The SMILES string of the molecule is c1cc(C2COC2)oc1-c1nnc2n1CCNC2. The molecule has 2 aliphatic rings. The standard InChI is InChI=1S/C12H14N4O2/c1-2-10(18-9(1)8-6-17-7-8)12-15-14-11-5-13-3-4-16(11)12/h1-2,8,13H,3-7H2. The highest BCUT2D eigenvalue weighted by Crippen LogP contribution is 2.29. The van der Waals surface area contributed by atoms with E-state index in [1.807, 2.05) is 12.1 Å².